The molecule has 0 fully saturated rings. The Balaban J connectivity index is 1.68. The van der Waals surface area contributed by atoms with E-state index in [1.54, 1.807) is 11.3 Å². The highest BCUT2D eigenvalue weighted by molar-refractivity contribution is 7.12. The molecular weight excluding hydrogens is 440 g/mol. The van der Waals surface area contributed by atoms with Crippen molar-refractivity contribution < 1.29 is 14.5 Å². The molecule has 0 bridgehead atoms. The summed E-state index contributed by atoms with van der Waals surface area (Å²) >= 11 is 1.65. The van der Waals surface area contributed by atoms with E-state index >= 15 is 0 Å². The molecule has 6 rings (SSSR count). The summed E-state index contributed by atoms with van der Waals surface area (Å²) < 4.78 is 2.31. The Morgan fingerprint density at radius 3 is 2.35 bits per heavy atom. The number of carbonyl (C=O) groups is 1. The average Bonchev–Trinajstić information content (AvgIpc) is 3.50. The predicted molar refractivity (Wildman–Crippen MR) is 132 cm³/mol. The van der Waals surface area contributed by atoms with Crippen molar-refractivity contribution in [1.29, 1.82) is 0 Å². The second kappa shape index (κ2) is 8.26. The number of carboxylic acid groups (broad SMARTS) is 1. The van der Waals surface area contributed by atoms with Crippen molar-refractivity contribution in [3.63, 3.8) is 0 Å². The molecule has 34 heavy (non-hydrogen) atoms. The first-order chi connectivity index (χ1) is 16.7. The monoisotopic (exact) mass is 464 g/mol. The van der Waals surface area contributed by atoms with Gasteiger partial charge in [0.15, 0.2) is 6.04 Å². The van der Waals surface area contributed by atoms with Crippen molar-refractivity contribution in [2.24, 2.45) is 0 Å². The van der Waals surface area contributed by atoms with E-state index in [4.69, 9.17) is 0 Å². The second-order valence-corrected chi connectivity index (χ2v) is 9.78. The van der Waals surface area contributed by atoms with E-state index in [1.807, 2.05) is 66.7 Å². The fraction of sp³-hybridized carbons (Fsp3) is 0.172. The summed E-state index contributed by atoms with van der Waals surface area (Å²) in [6.45, 7) is 1.22. The summed E-state index contributed by atoms with van der Waals surface area (Å²) in [5.74, 6) is -0.112. The van der Waals surface area contributed by atoms with Gasteiger partial charge < -0.3 is 9.90 Å². The lowest BCUT2D eigenvalue weighted by Crippen LogP contribution is -2.59. The summed E-state index contributed by atoms with van der Waals surface area (Å²) in [5, 5.41) is 15.6. The van der Waals surface area contributed by atoms with Crippen LogP contribution in [-0.2, 0) is 23.3 Å². The third-order valence-corrected chi connectivity index (χ3v) is 7.95. The zero-order chi connectivity index (χ0) is 23.1. The van der Waals surface area contributed by atoms with Gasteiger partial charge in [-0.25, -0.2) is 9.48 Å². The Labute approximate surface area is 203 Å². The maximum Gasteiger partial charge on any atom is 0.291 e. The molecule has 4 nitrogen and oxygen atoms in total. The number of carbonyl (C=O) groups excluding carboxylic acids is 1. The molecule has 3 aromatic carbocycles. The van der Waals surface area contributed by atoms with Crippen LogP contribution in [0.5, 0.6) is 0 Å². The fourth-order valence-electron chi connectivity index (χ4n) is 5.71. The standard InChI is InChI=1S/C29H24N2O2S/c32-28(33)29(23-13-5-2-6-14-23)26-24-15-8-7-12-22(24)17-18-30(26)27(25-16-9-19-34-25)31(29)20-21-10-3-1-4-11-21/h1-16,19,26H,17-18,20H2. The van der Waals surface area contributed by atoms with Crippen LogP contribution in [0.4, 0.5) is 0 Å². The van der Waals surface area contributed by atoms with Gasteiger partial charge >= 0.3 is 0 Å². The average molecular weight is 465 g/mol. The topological polar surface area (TPSA) is 46.4 Å². The molecule has 2 aliphatic rings. The Hall–Kier alpha value is -3.70. The predicted octanol–water partition coefficient (Wildman–Crippen LogP) is 3.97. The molecule has 0 saturated carbocycles. The number of nitrogens with zero attached hydrogens (tertiary/aromatic N) is 2. The molecule has 0 amide bonds. The Morgan fingerprint density at radius 1 is 0.941 bits per heavy atom. The number of rotatable bonds is 5. The highest BCUT2D eigenvalue weighted by Crippen LogP contribution is 2.51. The third kappa shape index (κ3) is 3.04. The maximum atomic E-state index is 13.5. The van der Waals surface area contributed by atoms with E-state index < -0.39 is 17.6 Å². The molecule has 0 saturated heterocycles. The SMILES string of the molecule is O=C([O-])C1(c2ccccc2)C2c3ccccc3CC[N+]2=C(c2cccs2)N1Cc1ccccc1. The summed E-state index contributed by atoms with van der Waals surface area (Å²) in [6.07, 6.45) is 0.874. The van der Waals surface area contributed by atoms with Crippen LogP contribution >= 0.6 is 11.3 Å². The molecule has 3 heterocycles. The van der Waals surface area contributed by atoms with Crippen molar-refractivity contribution >= 4 is 23.1 Å². The molecule has 1 aromatic heterocycles. The molecule has 2 unspecified atom stereocenters. The van der Waals surface area contributed by atoms with Crippen LogP contribution in [0.2, 0.25) is 0 Å². The van der Waals surface area contributed by atoms with E-state index in [1.165, 1.54) is 5.56 Å². The number of aliphatic carboxylic acids is 1. The highest BCUT2D eigenvalue weighted by atomic mass is 32.1. The lowest BCUT2D eigenvalue weighted by atomic mass is 9.75. The molecule has 0 spiro atoms. The molecule has 0 aliphatic carbocycles. The van der Waals surface area contributed by atoms with Crippen LogP contribution in [0.3, 0.4) is 0 Å². The minimum Gasteiger partial charge on any atom is -0.545 e. The first-order valence-electron chi connectivity index (χ1n) is 11.5. The van der Waals surface area contributed by atoms with Gasteiger partial charge in [-0.15, -0.1) is 11.3 Å². The molecule has 168 valence electrons. The smallest absolute Gasteiger partial charge is 0.291 e. The minimum atomic E-state index is -1.38. The quantitative estimate of drug-likeness (QED) is 0.420. The van der Waals surface area contributed by atoms with Crippen LogP contribution in [0.1, 0.15) is 33.2 Å². The molecule has 5 heteroatoms. The Kier molecular flexibility index (Phi) is 5.07. The van der Waals surface area contributed by atoms with E-state index in [-0.39, 0.29) is 0 Å². The van der Waals surface area contributed by atoms with Gasteiger partial charge in [-0.05, 0) is 22.6 Å². The number of benzene rings is 3. The van der Waals surface area contributed by atoms with Gasteiger partial charge in [-0.2, -0.15) is 0 Å². The largest absolute Gasteiger partial charge is 0.545 e. The van der Waals surface area contributed by atoms with Crippen LogP contribution in [0.15, 0.2) is 102 Å². The summed E-state index contributed by atoms with van der Waals surface area (Å²) in [4.78, 5) is 16.7. The van der Waals surface area contributed by atoms with Crippen molar-refractivity contribution in [2.75, 3.05) is 6.54 Å². The Bertz CT molecular complexity index is 1370. The van der Waals surface area contributed by atoms with Gasteiger partial charge in [0.1, 0.15) is 11.4 Å². The number of carboxylic acids is 1. The summed E-state index contributed by atoms with van der Waals surface area (Å²) in [7, 11) is 0. The van der Waals surface area contributed by atoms with Crippen molar-refractivity contribution in [3.8, 4) is 0 Å². The van der Waals surface area contributed by atoms with Gasteiger partial charge in [-0.1, -0.05) is 91.0 Å². The maximum absolute atomic E-state index is 13.5. The first-order valence-corrected chi connectivity index (χ1v) is 12.4. The molecule has 0 radical (unpaired) electrons. The fourth-order valence-corrected chi connectivity index (χ4v) is 6.50. The molecular formula is C29H24N2O2S. The number of fused-ring (bicyclic) bond motifs is 3. The second-order valence-electron chi connectivity index (χ2n) is 8.84. The van der Waals surface area contributed by atoms with Gasteiger partial charge in [0.2, 0.25) is 5.54 Å². The van der Waals surface area contributed by atoms with Crippen LogP contribution in [0.25, 0.3) is 0 Å². The van der Waals surface area contributed by atoms with Crippen molar-refractivity contribution in [1.82, 2.24) is 4.90 Å². The zero-order valence-electron chi connectivity index (χ0n) is 18.6. The zero-order valence-corrected chi connectivity index (χ0v) is 19.4. The first kappa shape index (κ1) is 20.9. The van der Waals surface area contributed by atoms with Gasteiger partial charge in [0, 0.05) is 17.5 Å². The number of amidine groups is 1. The highest BCUT2D eigenvalue weighted by Gasteiger charge is 2.64. The number of hydrogen-bond donors (Lipinski definition) is 0. The number of thiophene rings is 1. The van der Waals surface area contributed by atoms with Gasteiger partial charge in [-0.3, -0.25) is 0 Å². The lowest BCUT2D eigenvalue weighted by molar-refractivity contribution is -0.576. The van der Waals surface area contributed by atoms with Gasteiger partial charge in [0.05, 0.1) is 12.5 Å². The minimum absolute atomic E-state index is 0.398. The van der Waals surface area contributed by atoms with Crippen molar-refractivity contribution in [2.45, 2.75) is 24.5 Å². The Morgan fingerprint density at radius 2 is 1.65 bits per heavy atom. The van der Waals surface area contributed by atoms with Crippen molar-refractivity contribution in [3.05, 3.63) is 130 Å². The van der Waals surface area contributed by atoms with Crippen LogP contribution in [-0.4, -0.2) is 27.8 Å². The van der Waals surface area contributed by atoms with E-state index in [0.717, 1.165) is 40.4 Å². The molecule has 2 aliphatic heterocycles. The molecule has 4 aromatic rings. The summed E-state index contributed by atoms with van der Waals surface area (Å²) in [6, 6.07) is 31.7. The van der Waals surface area contributed by atoms with Crippen LogP contribution < -0.4 is 5.11 Å². The third-order valence-electron chi connectivity index (χ3n) is 7.08. The van der Waals surface area contributed by atoms with E-state index in [2.05, 4.69) is 45.2 Å². The van der Waals surface area contributed by atoms with E-state index in [0.29, 0.717) is 6.54 Å². The van der Waals surface area contributed by atoms with Gasteiger partial charge in [0.25, 0.3) is 5.84 Å². The number of hydrogen-bond acceptors (Lipinski definition) is 4. The lowest BCUT2D eigenvalue weighted by Gasteiger charge is -2.40. The summed E-state index contributed by atoms with van der Waals surface area (Å²) in [5.41, 5.74) is 2.69. The normalized spacial score (nSPS) is 21.3. The van der Waals surface area contributed by atoms with E-state index in [9.17, 15) is 9.90 Å². The molecule has 0 N–H and O–H groups in total. The van der Waals surface area contributed by atoms with Crippen LogP contribution in [0, 0.1) is 0 Å². The molecule has 2 atom stereocenters.